The summed E-state index contributed by atoms with van der Waals surface area (Å²) in [6, 6.07) is 11.7. The molecule has 0 saturated carbocycles. The lowest BCUT2D eigenvalue weighted by atomic mass is 10.1. The van der Waals surface area contributed by atoms with Gasteiger partial charge in [0.15, 0.2) is 0 Å². The molecule has 0 bridgehead atoms. The number of benzene rings is 2. The molecular weight excluding hydrogens is 398 g/mol. The zero-order chi connectivity index (χ0) is 17.7. The van der Waals surface area contributed by atoms with E-state index in [4.69, 9.17) is 11.6 Å². The number of nitrogens with one attached hydrogen (secondary N) is 1. The van der Waals surface area contributed by atoms with Crippen LogP contribution in [0.1, 0.15) is 18.1 Å². The monoisotopic (exact) mass is 409 g/mol. The lowest BCUT2D eigenvalue weighted by molar-refractivity contribution is -0.384. The Kier molecular flexibility index (Phi) is 6.05. The first-order valence-corrected chi connectivity index (χ1v) is 8.06. The van der Waals surface area contributed by atoms with Crippen molar-refractivity contribution < 1.29 is 9.72 Å². The number of nitro groups is 1. The third-order valence-corrected chi connectivity index (χ3v) is 4.04. The number of rotatable bonds is 5. The maximum absolute atomic E-state index is 11.9. The SMILES string of the molecule is C/C(=N/NC(=O)Cc1ccc(Br)cc1)c1ccc(Cl)c([N+](=O)[O-])c1. The van der Waals surface area contributed by atoms with Crippen LogP contribution in [0.3, 0.4) is 0 Å². The third kappa shape index (κ3) is 4.87. The molecule has 0 aromatic heterocycles. The van der Waals surface area contributed by atoms with Gasteiger partial charge in [0.1, 0.15) is 5.02 Å². The maximum Gasteiger partial charge on any atom is 0.288 e. The minimum absolute atomic E-state index is 0.0517. The fourth-order valence-corrected chi connectivity index (χ4v) is 2.37. The van der Waals surface area contributed by atoms with Gasteiger partial charge in [-0.3, -0.25) is 14.9 Å². The Balaban J connectivity index is 2.05. The van der Waals surface area contributed by atoms with Gasteiger partial charge in [-0.2, -0.15) is 5.10 Å². The van der Waals surface area contributed by atoms with Crippen molar-refractivity contribution in [3.05, 3.63) is 73.2 Å². The van der Waals surface area contributed by atoms with Crippen LogP contribution in [0.4, 0.5) is 5.69 Å². The number of amides is 1. The first kappa shape index (κ1) is 18.1. The maximum atomic E-state index is 11.9. The molecular formula is C16H13BrClN3O3. The molecule has 2 aromatic rings. The normalized spacial score (nSPS) is 11.2. The number of carbonyl (C=O) groups excluding carboxylic acids is 1. The number of nitrogens with zero attached hydrogens (tertiary/aromatic N) is 2. The first-order valence-electron chi connectivity index (χ1n) is 6.88. The molecule has 0 aliphatic carbocycles. The van der Waals surface area contributed by atoms with Crippen molar-refractivity contribution in [2.45, 2.75) is 13.3 Å². The molecule has 0 heterocycles. The van der Waals surface area contributed by atoms with Crippen LogP contribution in [0.15, 0.2) is 52.0 Å². The van der Waals surface area contributed by atoms with Crippen LogP contribution in [0.2, 0.25) is 5.02 Å². The van der Waals surface area contributed by atoms with Gasteiger partial charge in [0.2, 0.25) is 5.91 Å². The van der Waals surface area contributed by atoms with Crippen molar-refractivity contribution in [1.29, 1.82) is 0 Å². The fourth-order valence-electron chi connectivity index (χ4n) is 1.92. The van der Waals surface area contributed by atoms with E-state index in [0.717, 1.165) is 10.0 Å². The number of hydrazone groups is 1. The molecule has 6 nitrogen and oxygen atoms in total. The van der Waals surface area contributed by atoms with Crippen molar-refractivity contribution in [3.63, 3.8) is 0 Å². The molecule has 0 atom stereocenters. The topological polar surface area (TPSA) is 84.6 Å². The summed E-state index contributed by atoms with van der Waals surface area (Å²) in [5.41, 5.74) is 4.04. The predicted octanol–water partition coefficient (Wildman–Crippen LogP) is 4.09. The van der Waals surface area contributed by atoms with Crippen molar-refractivity contribution >= 4 is 44.8 Å². The van der Waals surface area contributed by atoms with Crippen LogP contribution in [0.25, 0.3) is 0 Å². The van der Waals surface area contributed by atoms with E-state index < -0.39 is 4.92 Å². The van der Waals surface area contributed by atoms with E-state index in [1.165, 1.54) is 12.1 Å². The molecule has 2 rings (SSSR count). The summed E-state index contributed by atoms with van der Waals surface area (Å²) in [5.74, 6) is -0.278. The minimum Gasteiger partial charge on any atom is -0.273 e. The van der Waals surface area contributed by atoms with Gasteiger partial charge in [-0.25, -0.2) is 5.43 Å². The summed E-state index contributed by atoms with van der Waals surface area (Å²) in [6.45, 7) is 1.65. The summed E-state index contributed by atoms with van der Waals surface area (Å²) < 4.78 is 0.935. The van der Waals surface area contributed by atoms with Crippen LogP contribution in [0, 0.1) is 10.1 Å². The highest BCUT2D eigenvalue weighted by Gasteiger charge is 2.14. The summed E-state index contributed by atoms with van der Waals surface area (Å²) in [4.78, 5) is 22.2. The molecule has 0 aliphatic heterocycles. The van der Waals surface area contributed by atoms with Gasteiger partial charge in [-0.05, 0) is 30.7 Å². The molecule has 0 saturated heterocycles. The van der Waals surface area contributed by atoms with Crippen molar-refractivity contribution in [1.82, 2.24) is 5.43 Å². The Morgan fingerprint density at radius 1 is 1.29 bits per heavy atom. The molecule has 1 amide bonds. The second-order valence-electron chi connectivity index (χ2n) is 4.96. The van der Waals surface area contributed by atoms with Crippen LogP contribution < -0.4 is 5.43 Å². The van der Waals surface area contributed by atoms with Gasteiger partial charge in [-0.15, -0.1) is 0 Å². The Hall–Kier alpha value is -2.25. The standard InChI is InChI=1S/C16H13BrClN3O3/c1-10(12-4-7-14(18)15(9-12)21(23)24)19-20-16(22)8-11-2-5-13(17)6-3-11/h2-7,9H,8H2,1H3,(H,20,22)/b19-10-. The van der Waals surface area contributed by atoms with E-state index in [9.17, 15) is 14.9 Å². The lowest BCUT2D eigenvalue weighted by Crippen LogP contribution is -2.21. The minimum atomic E-state index is -0.564. The highest BCUT2D eigenvalue weighted by Crippen LogP contribution is 2.25. The number of carbonyl (C=O) groups is 1. The van der Waals surface area contributed by atoms with Crippen LogP contribution in [0.5, 0.6) is 0 Å². The van der Waals surface area contributed by atoms with Crippen molar-refractivity contribution in [2.75, 3.05) is 0 Å². The van der Waals surface area contributed by atoms with Crippen LogP contribution in [-0.4, -0.2) is 16.5 Å². The van der Waals surface area contributed by atoms with E-state index in [1.54, 1.807) is 13.0 Å². The molecule has 0 radical (unpaired) electrons. The first-order chi connectivity index (χ1) is 11.4. The highest BCUT2D eigenvalue weighted by molar-refractivity contribution is 9.10. The van der Waals surface area contributed by atoms with Crippen molar-refractivity contribution in [3.8, 4) is 0 Å². The van der Waals surface area contributed by atoms with Gasteiger partial charge in [0, 0.05) is 16.1 Å². The van der Waals surface area contributed by atoms with Gasteiger partial charge < -0.3 is 0 Å². The average Bonchev–Trinajstić information content (AvgIpc) is 2.55. The molecule has 2 aromatic carbocycles. The van der Waals surface area contributed by atoms with Gasteiger partial charge in [0.05, 0.1) is 17.1 Å². The summed E-state index contributed by atoms with van der Waals surface area (Å²) >= 11 is 9.10. The summed E-state index contributed by atoms with van der Waals surface area (Å²) in [6.07, 6.45) is 0.185. The Morgan fingerprint density at radius 2 is 1.96 bits per heavy atom. The highest BCUT2D eigenvalue weighted by atomic mass is 79.9. The van der Waals surface area contributed by atoms with E-state index >= 15 is 0 Å². The number of halogens is 2. The number of hydrogen-bond donors (Lipinski definition) is 1. The second-order valence-corrected chi connectivity index (χ2v) is 6.28. The lowest BCUT2D eigenvalue weighted by Gasteiger charge is -2.04. The van der Waals surface area contributed by atoms with E-state index in [0.29, 0.717) is 11.3 Å². The Labute approximate surface area is 151 Å². The zero-order valence-electron chi connectivity index (χ0n) is 12.6. The summed E-state index contributed by atoms with van der Waals surface area (Å²) in [5, 5.41) is 14.9. The predicted molar refractivity (Wildman–Crippen MR) is 96.3 cm³/mol. The van der Waals surface area contributed by atoms with Gasteiger partial charge in [-0.1, -0.05) is 45.7 Å². The van der Waals surface area contributed by atoms with Crippen LogP contribution >= 0.6 is 27.5 Å². The molecule has 0 aliphatic rings. The molecule has 1 N–H and O–H groups in total. The average molecular weight is 411 g/mol. The number of nitro benzene ring substituents is 1. The molecule has 124 valence electrons. The summed E-state index contributed by atoms with van der Waals surface area (Å²) in [7, 11) is 0. The molecule has 0 unspecified atom stereocenters. The molecule has 0 fully saturated rings. The third-order valence-electron chi connectivity index (χ3n) is 3.19. The Morgan fingerprint density at radius 3 is 2.58 bits per heavy atom. The molecule has 8 heteroatoms. The smallest absolute Gasteiger partial charge is 0.273 e. The van der Waals surface area contributed by atoms with Crippen LogP contribution in [-0.2, 0) is 11.2 Å². The fraction of sp³-hybridized carbons (Fsp3) is 0.125. The quantitative estimate of drug-likeness (QED) is 0.457. The number of hydrogen-bond acceptors (Lipinski definition) is 4. The second kappa shape index (κ2) is 8.03. The van der Waals surface area contributed by atoms with E-state index in [-0.39, 0.29) is 23.0 Å². The largest absolute Gasteiger partial charge is 0.288 e. The van der Waals surface area contributed by atoms with Crippen molar-refractivity contribution in [2.24, 2.45) is 5.10 Å². The molecule has 24 heavy (non-hydrogen) atoms. The Bertz CT molecular complexity index is 807. The van der Waals surface area contributed by atoms with Gasteiger partial charge in [0.25, 0.3) is 5.69 Å². The van der Waals surface area contributed by atoms with E-state index in [2.05, 4.69) is 26.5 Å². The van der Waals surface area contributed by atoms with E-state index in [1.807, 2.05) is 24.3 Å². The van der Waals surface area contributed by atoms with Gasteiger partial charge >= 0.3 is 0 Å². The zero-order valence-corrected chi connectivity index (χ0v) is 15.0. The molecule has 0 spiro atoms.